The van der Waals surface area contributed by atoms with Crippen molar-refractivity contribution >= 4 is 5.78 Å². The van der Waals surface area contributed by atoms with Crippen molar-refractivity contribution in [3.05, 3.63) is 24.5 Å². The first-order valence-electron chi connectivity index (χ1n) is 3.74. The molecule has 0 bridgehead atoms. The van der Waals surface area contributed by atoms with Crippen LogP contribution in [0, 0.1) is 0 Å². The Morgan fingerprint density at radius 1 is 1.92 bits per heavy atom. The largest absolute Gasteiger partial charge is 0.501 e. The van der Waals surface area contributed by atoms with Crippen LogP contribution in [-0.4, -0.2) is 23.6 Å². The Bertz CT molecular complexity index is 242. The fraction of sp³-hybridized carbons (Fsp3) is 0.444. The zero-order valence-corrected chi connectivity index (χ0v) is 7.04. The van der Waals surface area contributed by atoms with Gasteiger partial charge in [0.25, 0.3) is 0 Å². The molecule has 0 spiro atoms. The van der Waals surface area contributed by atoms with Crippen LogP contribution < -0.4 is 0 Å². The van der Waals surface area contributed by atoms with E-state index in [1.54, 1.807) is 0 Å². The molecule has 1 N–H and O–H groups in total. The number of carbonyl (C=O) groups is 1. The van der Waals surface area contributed by atoms with Gasteiger partial charge in [-0.2, -0.15) is 0 Å². The lowest BCUT2D eigenvalue weighted by Crippen LogP contribution is -2.33. The smallest absolute Gasteiger partial charge is 0.191 e. The van der Waals surface area contributed by atoms with Crippen molar-refractivity contribution in [3.63, 3.8) is 0 Å². The summed E-state index contributed by atoms with van der Waals surface area (Å²) in [5.74, 6) is 0.239. The van der Waals surface area contributed by atoms with Crippen LogP contribution in [0.25, 0.3) is 0 Å². The molecule has 12 heavy (non-hydrogen) atoms. The molecule has 1 unspecified atom stereocenters. The van der Waals surface area contributed by atoms with E-state index in [1.165, 1.54) is 19.3 Å². The zero-order chi connectivity index (χ0) is 9.19. The van der Waals surface area contributed by atoms with Gasteiger partial charge in [-0.3, -0.25) is 4.79 Å². The van der Waals surface area contributed by atoms with E-state index in [9.17, 15) is 9.90 Å². The normalized spacial score (nSPS) is 28.5. The maximum atomic E-state index is 11.2. The Morgan fingerprint density at radius 2 is 2.58 bits per heavy atom. The fourth-order valence-electron chi connectivity index (χ4n) is 1.25. The predicted octanol–water partition coefficient (Wildman–Crippen LogP) is 0.797. The topological polar surface area (TPSA) is 46.5 Å². The van der Waals surface area contributed by atoms with Crippen LogP contribution in [0.5, 0.6) is 0 Å². The van der Waals surface area contributed by atoms with Crippen molar-refractivity contribution < 1.29 is 14.6 Å². The predicted molar refractivity (Wildman–Crippen MR) is 44.5 cm³/mol. The van der Waals surface area contributed by atoms with Gasteiger partial charge in [0.05, 0.1) is 7.11 Å². The summed E-state index contributed by atoms with van der Waals surface area (Å²) in [5.41, 5.74) is -1.30. The molecule has 0 saturated carbocycles. The molecule has 0 heterocycles. The van der Waals surface area contributed by atoms with Crippen molar-refractivity contribution in [1.82, 2.24) is 0 Å². The van der Waals surface area contributed by atoms with E-state index in [2.05, 4.69) is 6.58 Å². The first-order chi connectivity index (χ1) is 5.62. The highest BCUT2D eigenvalue weighted by molar-refractivity contribution is 6.00. The Labute approximate surface area is 71.3 Å². The Hall–Kier alpha value is -1.09. The van der Waals surface area contributed by atoms with Gasteiger partial charge in [0.15, 0.2) is 5.78 Å². The lowest BCUT2D eigenvalue weighted by Gasteiger charge is -2.18. The lowest BCUT2D eigenvalue weighted by molar-refractivity contribution is -0.130. The number of hydrogen-bond acceptors (Lipinski definition) is 3. The van der Waals surface area contributed by atoms with Crippen LogP contribution in [0.2, 0.25) is 0 Å². The molecule has 0 amide bonds. The number of aliphatic hydroxyl groups is 1. The molecule has 0 aromatic heterocycles. The van der Waals surface area contributed by atoms with Crippen LogP contribution in [0.1, 0.15) is 12.8 Å². The molecule has 3 nitrogen and oxygen atoms in total. The molecule has 1 aliphatic carbocycles. The van der Waals surface area contributed by atoms with Gasteiger partial charge < -0.3 is 9.84 Å². The molecular formula is C9H12O3. The van der Waals surface area contributed by atoms with Crippen LogP contribution in [0.4, 0.5) is 0 Å². The number of methoxy groups -OCH3 is 1. The third-order valence-electron chi connectivity index (χ3n) is 1.96. The zero-order valence-electron chi connectivity index (χ0n) is 7.04. The lowest BCUT2D eigenvalue weighted by atomic mass is 9.96. The Kier molecular flexibility index (Phi) is 2.33. The molecule has 1 aliphatic rings. The second kappa shape index (κ2) is 3.11. The quantitative estimate of drug-likeness (QED) is 0.634. The number of rotatable bonds is 3. The molecule has 0 fully saturated rings. The second-order valence-electron chi connectivity index (χ2n) is 2.88. The van der Waals surface area contributed by atoms with E-state index in [0.717, 1.165) is 0 Å². The van der Waals surface area contributed by atoms with Gasteiger partial charge in [-0.05, 0) is 0 Å². The van der Waals surface area contributed by atoms with Gasteiger partial charge in [-0.15, -0.1) is 6.58 Å². The van der Waals surface area contributed by atoms with Crippen LogP contribution in [-0.2, 0) is 9.53 Å². The van der Waals surface area contributed by atoms with Gasteiger partial charge in [-0.25, -0.2) is 0 Å². The first-order valence-corrected chi connectivity index (χ1v) is 3.74. The fourth-order valence-corrected chi connectivity index (χ4v) is 1.25. The highest BCUT2D eigenvalue weighted by atomic mass is 16.5. The molecule has 66 valence electrons. The van der Waals surface area contributed by atoms with Crippen molar-refractivity contribution in [2.45, 2.75) is 18.4 Å². The SMILES string of the molecule is C=CCC1(O)CC(OC)=CC1=O. The summed E-state index contributed by atoms with van der Waals surface area (Å²) in [5, 5.41) is 9.71. The van der Waals surface area contributed by atoms with Crippen molar-refractivity contribution in [2.24, 2.45) is 0 Å². The van der Waals surface area contributed by atoms with Crippen LogP contribution in [0.15, 0.2) is 24.5 Å². The molecule has 1 atom stereocenters. The minimum atomic E-state index is -1.30. The van der Waals surface area contributed by atoms with Gasteiger partial charge in [0.2, 0.25) is 0 Å². The van der Waals surface area contributed by atoms with E-state index in [-0.39, 0.29) is 18.6 Å². The first kappa shape index (κ1) is 9.00. The highest BCUT2D eigenvalue weighted by Crippen LogP contribution is 2.29. The minimum Gasteiger partial charge on any atom is -0.501 e. The van der Waals surface area contributed by atoms with E-state index >= 15 is 0 Å². The third-order valence-corrected chi connectivity index (χ3v) is 1.96. The molecule has 3 heteroatoms. The number of carbonyl (C=O) groups excluding carboxylic acids is 1. The number of ether oxygens (including phenoxy) is 1. The molecule has 0 radical (unpaired) electrons. The highest BCUT2D eigenvalue weighted by Gasteiger charge is 2.39. The summed E-state index contributed by atoms with van der Waals surface area (Å²) in [4.78, 5) is 11.2. The summed E-state index contributed by atoms with van der Waals surface area (Å²) in [6.45, 7) is 3.48. The van der Waals surface area contributed by atoms with Crippen LogP contribution in [0.3, 0.4) is 0 Å². The summed E-state index contributed by atoms with van der Waals surface area (Å²) >= 11 is 0. The maximum Gasteiger partial charge on any atom is 0.191 e. The summed E-state index contributed by atoms with van der Waals surface area (Å²) in [6.07, 6.45) is 3.40. The van der Waals surface area contributed by atoms with Crippen molar-refractivity contribution in [3.8, 4) is 0 Å². The van der Waals surface area contributed by atoms with E-state index in [4.69, 9.17) is 4.74 Å². The molecule has 0 saturated heterocycles. The van der Waals surface area contributed by atoms with Gasteiger partial charge in [-0.1, -0.05) is 6.08 Å². The molecule has 0 aromatic rings. The van der Waals surface area contributed by atoms with Crippen molar-refractivity contribution in [1.29, 1.82) is 0 Å². The maximum absolute atomic E-state index is 11.2. The number of hydrogen-bond donors (Lipinski definition) is 1. The minimum absolute atomic E-state index is 0.258. The molecule has 1 rings (SSSR count). The average molecular weight is 168 g/mol. The molecular weight excluding hydrogens is 156 g/mol. The van der Waals surface area contributed by atoms with Crippen molar-refractivity contribution in [2.75, 3.05) is 7.11 Å². The molecule has 0 aromatic carbocycles. The summed E-state index contributed by atoms with van der Waals surface area (Å²) < 4.78 is 4.87. The second-order valence-corrected chi connectivity index (χ2v) is 2.88. The summed E-state index contributed by atoms with van der Waals surface area (Å²) in [6, 6.07) is 0. The van der Waals surface area contributed by atoms with E-state index < -0.39 is 5.60 Å². The number of ketones is 1. The Morgan fingerprint density at radius 3 is 3.00 bits per heavy atom. The van der Waals surface area contributed by atoms with Gasteiger partial charge >= 0.3 is 0 Å². The molecule has 0 aliphatic heterocycles. The van der Waals surface area contributed by atoms with E-state index in [0.29, 0.717) is 5.76 Å². The standard InChI is InChI=1S/C9H12O3/c1-3-4-9(11)6-7(12-2)5-8(9)10/h3,5,11H,1,4,6H2,2H3. The third kappa shape index (κ3) is 1.41. The Balaban J connectivity index is 2.75. The van der Waals surface area contributed by atoms with Gasteiger partial charge in [0.1, 0.15) is 11.4 Å². The average Bonchev–Trinajstić information content (AvgIpc) is 2.29. The van der Waals surface area contributed by atoms with Crippen LogP contribution >= 0.6 is 0 Å². The van der Waals surface area contributed by atoms with Gasteiger partial charge in [0, 0.05) is 18.9 Å². The monoisotopic (exact) mass is 168 g/mol. The summed E-state index contributed by atoms with van der Waals surface area (Å²) in [7, 11) is 1.48. The van der Waals surface area contributed by atoms with E-state index in [1.807, 2.05) is 0 Å².